The number of benzene rings is 2. The Bertz CT molecular complexity index is 749. The lowest BCUT2D eigenvalue weighted by Crippen LogP contribution is -1.99. The van der Waals surface area contributed by atoms with Crippen molar-refractivity contribution in [3.05, 3.63) is 53.6 Å². The van der Waals surface area contributed by atoms with Gasteiger partial charge in [0.2, 0.25) is 0 Å². The molecule has 0 aliphatic heterocycles. The van der Waals surface area contributed by atoms with E-state index in [-0.39, 0.29) is 5.78 Å². The smallest absolute Gasteiger partial charge is 0.189 e. The fourth-order valence-electron chi connectivity index (χ4n) is 2.23. The van der Waals surface area contributed by atoms with Crippen LogP contribution in [0.15, 0.2) is 42.5 Å². The Morgan fingerprint density at radius 1 is 0.792 bits per heavy atom. The average Bonchev–Trinajstić information content (AvgIpc) is 2.65. The van der Waals surface area contributed by atoms with Gasteiger partial charge in [0.05, 0.1) is 34.0 Å². The molecule has 5 nitrogen and oxygen atoms in total. The van der Waals surface area contributed by atoms with Crippen molar-refractivity contribution in [2.75, 3.05) is 28.4 Å². The minimum absolute atomic E-state index is 0.181. The zero-order valence-corrected chi connectivity index (χ0v) is 14.2. The van der Waals surface area contributed by atoms with E-state index in [4.69, 9.17) is 18.9 Å². The maximum atomic E-state index is 12.5. The lowest BCUT2D eigenvalue weighted by atomic mass is 10.1. The number of allylic oxidation sites excluding steroid dienone is 1. The van der Waals surface area contributed by atoms with Crippen LogP contribution in [-0.2, 0) is 0 Å². The summed E-state index contributed by atoms with van der Waals surface area (Å²) in [5.41, 5.74) is 1.20. The van der Waals surface area contributed by atoms with E-state index in [9.17, 15) is 4.79 Å². The summed E-state index contributed by atoms with van der Waals surface area (Å²) in [6.45, 7) is 0. The molecule has 0 bridgehead atoms. The second-order valence-electron chi connectivity index (χ2n) is 4.87. The molecular weight excluding hydrogens is 308 g/mol. The summed E-state index contributed by atoms with van der Waals surface area (Å²) in [6, 6.07) is 10.4. The molecule has 2 rings (SSSR count). The van der Waals surface area contributed by atoms with Gasteiger partial charge >= 0.3 is 0 Å². The molecule has 5 heteroatoms. The van der Waals surface area contributed by atoms with Crippen LogP contribution in [0.4, 0.5) is 0 Å². The van der Waals surface area contributed by atoms with Gasteiger partial charge in [-0.3, -0.25) is 4.79 Å². The van der Waals surface area contributed by atoms with Crippen LogP contribution < -0.4 is 18.9 Å². The monoisotopic (exact) mass is 328 g/mol. The molecule has 0 saturated heterocycles. The summed E-state index contributed by atoms with van der Waals surface area (Å²) in [5, 5.41) is 0. The van der Waals surface area contributed by atoms with Crippen molar-refractivity contribution >= 4 is 11.9 Å². The predicted molar refractivity (Wildman–Crippen MR) is 92.5 cm³/mol. The SMILES string of the molecule is COc1ccc(OC)c(/C=C\C(=O)c2ccc(OC)cc2OC)c1. The lowest BCUT2D eigenvalue weighted by Gasteiger charge is -2.09. The largest absolute Gasteiger partial charge is 0.497 e. The molecule has 0 fully saturated rings. The van der Waals surface area contributed by atoms with Gasteiger partial charge in [-0.1, -0.05) is 0 Å². The second kappa shape index (κ2) is 8.06. The predicted octanol–water partition coefficient (Wildman–Crippen LogP) is 3.62. The van der Waals surface area contributed by atoms with Gasteiger partial charge in [-0.05, 0) is 42.5 Å². The van der Waals surface area contributed by atoms with Crippen LogP contribution in [0.1, 0.15) is 15.9 Å². The third-order valence-corrected chi connectivity index (χ3v) is 3.53. The Morgan fingerprint density at radius 3 is 2.04 bits per heavy atom. The van der Waals surface area contributed by atoms with E-state index in [1.54, 1.807) is 63.8 Å². The van der Waals surface area contributed by atoms with Crippen LogP contribution >= 0.6 is 0 Å². The highest BCUT2D eigenvalue weighted by molar-refractivity contribution is 6.08. The molecule has 126 valence electrons. The summed E-state index contributed by atoms with van der Waals surface area (Å²) < 4.78 is 20.9. The molecule has 0 spiro atoms. The molecule has 0 amide bonds. The molecule has 2 aromatic carbocycles. The van der Waals surface area contributed by atoms with Crippen molar-refractivity contribution in [2.45, 2.75) is 0 Å². The normalized spacial score (nSPS) is 10.5. The summed E-state index contributed by atoms with van der Waals surface area (Å²) in [4.78, 5) is 12.5. The molecule has 0 radical (unpaired) electrons. The van der Waals surface area contributed by atoms with Gasteiger partial charge in [-0.15, -0.1) is 0 Å². The van der Waals surface area contributed by atoms with Gasteiger partial charge in [-0.2, -0.15) is 0 Å². The van der Waals surface area contributed by atoms with Crippen LogP contribution in [0.25, 0.3) is 6.08 Å². The Hall–Kier alpha value is -2.95. The number of hydrogen-bond donors (Lipinski definition) is 0. The van der Waals surface area contributed by atoms with Crippen LogP contribution in [0.5, 0.6) is 23.0 Å². The van der Waals surface area contributed by atoms with E-state index in [0.717, 1.165) is 5.56 Å². The molecule has 0 saturated carbocycles. The highest BCUT2D eigenvalue weighted by Gasteiger charge is 2.11. The average molecular weight is 328 g/mol. The van der Waals surface area contributed by atoms with Crippen LogP contribution in [0.3, 0.4) is 0 Å². The maximum Gasteiger partial charge on any atom is 0.189 e. The molecule has 24 heavy (non-hydrogen) atoms. The van der Waals surface area contributed by atoms with E-state index in [0.29, 0.717) is 28.6 Å². The third-order valence-electron chi connectivity index (χ3n) is 3.53. The third kappa shape index (κ3) is 3.87. The molecule has 0 N–H and O–H groups in total. The molecule has 2 aromatic rings. The van der Waals surface area contributed by atoms with Crippen molar-refractivity contribution in [3.8, 4) is 23.0 Å². The first-order valence-corrected chi connectivity index (χ1v) is 7.29. The van der Waals surface area contributed by atoms with Crippen molar-refractivity contribution < 1.29 is 23.7 Å². The molecule has 0 aliphatic carbocycles. The van der Waals surface area contributed by atoms with Gasteiger partial charge < -0.3 is 18.9 Å². The molecule has 0 aromatic heterocycles. The number of rotatable bonds is 7. The summed E-state index contributed by atoms with van der Waals surface area (Å²) in [5.74, 6) is 2.24. The van der Waals surface area contributed by atoms with E-state index in [1.807, 2.05) is 0 Å². The Balaban J connectivity index is 2.31. The number of carbonyl (C=O) groups is 1. The van der Waals surface area contributed by atoms with Gasteiger partial charge in [0.15, 0.2) is 5.78 Å². The number of ether oxygens (including phenoxy) is 4. The number of hydrogen-bond acceptors (Lipinski definition) is 5. The van der Waals surface area contributed by atoms with Crippen LogP contribution in [0.2, 0.25) is 0 Å². The molecule has 0 aliphatic rings. The molecule has 0 heterocycles. The number of methoxy groups -OCH3 is 4. The Morgan fingerprint density at radius 2 is 1.42 bits per heavy atom. The Kier molecular flexibility index (Phi) is 5.84. The van der Waals surface area contributed by atoms with Crippen molar-refractivity contribution in [3.63, 3.8) is 0 Å². The lowest BCUT2D eigenvalue weighted by molar-refractivity contribution is 0.104. The first kappa shape index (κ1) is 17.4. The quantitative estimate of drug-likeness (QED) is 0.574. The van der Waals surface area contributed by atoms with Gasteiger partial charge in [0.25, 0.3) is 0 Å². The van der Waals surface area contributed by atoms with E-state index >= 15 is 0 Å². The van der Waals surface area contributed by atoms with Crippen molar-refractivity contribution in [2.24, 2.45) is 0 Å². The summed E-state index contributed by atoms with van der Waals surface area (Å²) in [6.07, 6.45) is 3.16. The summed E-state index contributed by atoms with van der Waals surface area (Å²) >= 11 is 0. The minimum Gasteiger partial charge on any atom is -0.497 e. The first-order chi connectivity index (χ1) is 11.6. The van der Waals surface area contributed by atoms with E-state index in [1.165, 1.54) is 13.2 Å². The minimum atomic E-state index is -0.181. The fraction of sp³-hybridized carbons (Fsp3) is 0.211. The second-order valence-corrected chi connectivity index (χ2v) is 4.87. The highest BCUT2D eigenvalue weighted by atomic mass is 16.5. The van der Waals surface area contributed by atoms with Crippen molar-refractivity contribution in [1.29, 1.82) is 0 Å². The van der Waals surface area contributed by atoms with E-state index in [2.05, 4.69) is 0 Å². The molecular formula is C19H20O5. The maximum absolute atomic E-state index is 12.5. The van der Waals surface area contributed by atoms with Gasteiger partial charge in [0, 0.05) is 11.6 Å². The topological polar surface area (TPSA) is 54.0 Å². The first-order valence-electron chi connectivity index (χ1n) is 7.29. The molecule has 0 unspecified atom stereocenters. The van der Waals surface area contributed by atoms with Gasteiger partial charge in [-0.25, -0.2) is 0 Å². The van der Waals surface area contributed by atoms with Crippen LogP contribution in [0, 0.1) is 0 Å². The zero-order chi connectivity index (χ0) is 17.5. The van der Waals surface area contributed by atoms with Crippen LogP contribution in [-0.4, -0.2) is 34.2 Å². The summed E-state index contributed by atoms with van der Waals surface area (Å²) in [7, 11) is 6.24. The Labute approximate surface area is 141 Å². The fourth-order valence-corrected chi connectivity index (χ4v) is 2.23. The molecule has 0 atom stereocenters. The number of ketones is 1. The van der Waals surface area contributed by atoms with E-state index < -0.39 is 0 Å². The number of carbonyl (C=O) groups excluding carboxylic acids is 1. The standard InChI is InChI=1S/C19H20O5/c1-21-14-7-10-18(23-3)13(11-14)5-9-17(20)16-8-6-15(22-2)12-19(16)24-4/h5-12H,1-4H3/b9-5-. The highest BCUT2D eigenvalue weighted by Crippen LogP contribution is 2.27. The van der Waals surface area contributed by atoms with Crippen molar-refractivity contribution in [1.82, 2.24) is 0 Å². The zero-order valence-electron chi connectivity index (χ0n) is 14.2. The van der Waals surface area contributed by atoms with Gasteiger partial charge in [0.1, 0.15) is 23.0 Å².